The van der Waals surface area contributed by atoms with Crippen LogP contribution in [0.2, 0.25) is 5.02 Å². The summed E-state index contributed by atoms with van der Waals surface area (Å²) >= 11 is 11.3. The van der Waals surface area contributed by atoms with Crippen molar-refractivity contribution >= 4 is 44.8 Å². The molecular formula is C18H18BrClN4OS. The number of benzene rings is 1. The van der Waals surface area contributed by atoms with E-state index in [1.165, 1.54) is 11.3 Å². The van der Waals surface area contributed by atoms with Crippen molar-refractivity contribution in [1.29, 1.82) is 0 Å². The zero-order valence-electron chi connectivity index (χ0n) is 14.1. The molecule has 1 amide bonds. The number of rotatable bonds is 6. The van der Waals surface area contributed by atoms with Crippen molar-refractivity contribution in [3.05, 3.63) is 62.0 Å². The zero-order chi connectivity index (χ0) is 18.8. The van der Waals surface area contributed by atoms with Crippen molar-refractivity contribution in [2.24, 2.45) is 18.5 Å². The Labute approximate surface area is 169 Å². The van der Waals surface area contributed by atoms with E-state index < -0.39 is 5.91 Å². The van der Waals surface area contributed by atoms with E-state index in [1.54, 1.807) is 17.9 Å². The minimum absolute atomic E-state index is 0.0497. The van der Waals surface area contributed by atoms with Crippen LogP contribution in [0.1, 0.15) is 26.7 Å². The molecule has 3 rings (SSSR count). The number of hydrogen-bond donors (Lipinski definition) is 2. The third-order valence-corrected chi connectivity index (χ3v) is 6.82. The van der Waals surface area contributed by atoms with Gasteiger partial charge in [0.1, 0.15) is 0 Å². The minimum Gasteiger partial charge on any atom is -0.365 e. The number of halogens is 2. The van der Waals surface area contributed by atoms with Crippen LogP contribution in [-0.4, -0.2) is 22.2 Å². The Kier molecular flexibility index (Phi) is 5.82. The number of primary amides is 1. The third kappa shape index (κ3) is 3.57. The molecule has 0 bridgehead atoms. The molecule has 26 heavy (non-hydrogen) atoms. The summed E-state index contributed by atoms with van der Waals surface area (Å²) in [5, 5.41) is 4.70. The van der Waals surface area contributed by atoms with E-state index in [0.717, 1.165) is 26.2 Å². The minimum atomic E-state index is -0.471. The first-order valence-corrected chi connectivity index (χ1v) is 9.96. The van der Waals surface area contributed by atoms with E-state index in [1.807, 2.05) is 30.3 Å². The standard InChI is InChI=1S/C18H18BrClN4OS/c1-24-15(12(20)9-23-24)17-14(19)13(16(26-17)18(22)25)11(8-21)7-10-5-3-2-4-6-10/h2-6,9,11H,7-8,21H2,1H3,(H2,22,25). The molecule has 0 saturated heterocycles. The Morgan fingerprint density at radius 2 is 2.08 bits per heavy atom. The van der Waals surface area contributed by atoms with Gasteiger partial charge < -0.3 is 11.5 Å². The van der Waals surface area contributed by atoms with Gasteiger partial charge in [-0.1, -0.05) is 41.9 Å². The second-order valence-corrected chi connectivity index (χ2v) is 8.16. The molecule has 1 atom stereocenters. The average molecular weight is 454 g/mol. The van der Waals surface area contributed by atoms with Gasteiger partial charge in [-0.2, -0.15) is 5.10 Å². The monoisotopic (exact) mass is 452 g/mol. The summed E-state index contributed by atoms with van der Waals surface area (Å²) in [5.41, 5.74) is 14.5. The lowest BCUT2D eigenvalue weighted by molar-refractivity contribution is 0.100. The fourth-order valence-corrected chi connectivity index (χ4v) is 5.61. The number of aryl methyl sites for hydroxylation is 1. The second-order valence-electron chi connectivity index (χ2n) is 5.94. The molecule has 8 heteroatoms. The number of nitrogens with two attached hydrogens (primary N) is 2. The number of amides is 1. The van der Waals surface area contributed by atoms with Gasteiger partial charge in [0.2, 0.25) is 0 Å². The summed E-state index contributed by atoms with van der Waals surface area (Å²) in [6.45, 7) is 0.392. The highest BCUT2D eigenvalue weighted by Gasteiger charge is 2.28. The number of aromatic nitrogens is 2. The first-order chi connectivity index (χ1) is 12.4. The Morgan fingerprint density at radius 3 is 2.62 bits per heavy atom. The fraction of sp³-hybridized carbons (Fsp3) is 0.222. The van der Waals surface area contributed by atoms with Gasteiger partial charge in [-0.25, -0.2) is 0 Å². The molecule has 5 nitrogen and oxygen atoms in total. The largest absolute Gasteiger partial charge is 0.365 e. The van der Waals surface area contributed by atoms with Crippen LogP contribution < -0.4 is 11.5 Å². The fourth-order valence-electron chi connectivity index (χ4n) is 2.99. The number of nitrogens with zero attached hydrogens (tertiary/aromatic N) is 2. The van der Waals surface area contributed by atoms with Crippen LogP contribution in [0.4, 0.5) is 0 Å². The molecule has 0 aliphatic carbocycles. The zero-order valence-corrected chi connectivity index (χ0v) is 17.2. The van der Waals surface area contributed by atoms with Gasteiger partial charge in [0.05, 0.1) is 26.7 Å². The summed E-state index contributed by atoms with van der Waals surface area (Å²) < 4.78 is 2.48. The van der Waals surface area contributed by atoms with Crippen LogP contribution in [0.25, 0.3) is 10.6 Å². The summed E-state index contributed by atoms with van der Waals surface area (Å²) in [5.74, 6) is -0.520. The highest BCUT2D eigenvalue weighted by Crippen LogP contribution is 2.45. The number of carbonyl (C=O) groups excluding carboxylic acids is 1. The van der Waals surface area contributed by atoms with E-state index in [4.69, 9.17) is 23.1 Å². The molecule has 0 spiro atoms. The van der Waals surface area contributed by atoms with E-state index in [0.29, 0.717) is 22.9 Å². The van der Waals surface area contributed by atoms with Crippen molar-refractivity contribution in [3.63, 3.8) is 0 Å². The first-order valence-electron chi connectivity index (χ1n) is 7.97. The molecular weight excluding hydrogens is 436 g/mol. The molecule has 0 fully saturated rings. The summed E-state index contributed by atoms with van der Waals surface area (Å²) in [7, 11) is 1.81. The van der Waals surface area contributed by atoms with Crippen molar-refractivity contribution in [2.75, 3.05) is 6.54 Å². The topological polar surface area (TPSA) is 86.9 Å². The van der Waals surface area contributed by atoms with Crippen molar-refractivity contribution < 1.29 is 4.79 Å². The first kappa shape index (κ1) is 19.1. The lowest BCUT2D eigenvalue weighted by atomic mass is 9.91. The molecule has 2 heterocycles. The maximum absolute atomic E-state index is 12.1. The predicted octanol–water partition coefficient (Wildman–Crippen LogP) is 3.95. The third-order valence-electron chi connectivity index (χ3n) is 4.24. The highest BCUT2D eigenvalue weighted by molar-refractivity contribution is 9.10. The molecule has 2 aromatic heterocycles. The molecule has 0 saturated carbocycles. The van der Waals surface area contributed by atoms with Crippen molar-refractivity contribution in [1.82, 2.24) is 9.78 Å². The molecule has 0 aliphatic heterocycles. The smallest absolute Gasteiger partial charge is 0.259 e. The van der Waals surface area contributed by atoms with Crippen molar-refractivity contribution in [3.8, 4) is 10.6 Å². The second kappa shape index (κ2) is 7.92. The summed E-state index contributed by atoms with van der Waals surface area (Å²) in [6.07, 6.45) is 2.29. The molecule has 4 N–H and O–H groups in total. The van der Waals surface area contributed by atoms with Crippen LogP contribution in [-0.2, 0) is 13.5 Å². The Morgan fingerprint density at radius 1 is 1.38 bits per heavy atom. The van der Waals surface area contributed by atoms with Gasteiger partial charge in [-0.15, -0.1) is 11.3 Å². The van der Waals surface area contributed by atoms with Gasteiger partial charge in [0.25, 0.3) is 5.91 Å². The average Bonchev–Trinajstić information content (AvgIpc) is 3.13. The van der Waals surface area contributed by atoms with E-state index in [-0.39, 0.29) is 5.92 Å². The normalized spacial score (nSPS) is 12.3. The molecule has 0 aliphatic rings. The van der Waals surface area contributed by atoms with Gasteiger partial charge in [-0.3, -0.25) is 9.48 Å². The quantitative estimate of drug-likeness (QED) is 0.592. The van der Waals surface area contributed by atoms with Crippen LogP contribution in [0.5, 0.6) is 0 Å². The maximum Gasteiger partial charge on any atom is 0.259 e. The number of thiophene rings is 1. The Hall–Kier alpha value is -1.67. The number of carbonyl (C=O) groups is 1. The lowest BCUT2D eigenvalue weighted by Crippen LogP contribution is -2.19. The maximum atomic E-state index is 12.1. The van der Waals surface area contributed by atoms with E-state index in [2.05, 4.69) is 21.0 Å². The van der Waals surface area contributed by atoms with Crippen LogP contribution >= 0.6 is 38.9 Å². The number of hydrogen-bond acceptors (Lipinski definition) is 4. The molecule has 0 radical (unpaired) electrons. The van der Waals surface area contributed by atoms with Crippen LogP contribution in [0, 0.1) is 0 Å². The van der Waals surface area contributed by atoms with Gasteiger partial charge in [0.15, 0.2) is 0 Å². The van der Waals surface area contributed by atoms with Crippen LogP contribution in [0.15, 0.2) is 41.0 Å². The van der Waals surface area contributed by atoms with Crippen molar-refractivity contribution in [2.45, 2.75) is 12.3 Å². The van der Waals surface area contributed by atoms with Crippen LogP contribution in [0.3, 0.4) is 0 Å². The van der Waals surface area contributed by atoms with Gasteiger partial charge >= 0.3 is 0 Å². The molecule has 1 aromatic carbocycles. The SMILES string of the molecule is Cn1ncc(Cl)c1-c1sc(C(N)=O)c(C(CN)Cc2ccccc2)c1Br. The Balaban J connectivity index is 2.12. The van der Waals surface area contributed by atoms with Gasteiger partial charge in [0, 0.05) is 17.4 Å². The highest BCUT2D eigenvalue weighted by atomic mass is 79.9. The van der Waals surface area contributed by atoms with E-state index in [9.17, 15) is 4.79 Å². The molecule has 136 valence electrons. The molecule has 1 unspecified atom stereocenters. The van der Waals surface area contributed by atoms with E-state index >= 15 is 0 Å². The lowest BCUT2D eigenvalue weighted by Gasteiger charge is -2.16. The predicted molar refractivity (Wildman–Crippen MR) is 110 cm³/mol. The molecule has 3 aromatic rings. The van der Waals surface area contributed by atoms with Gasteiger partial charge in [-0.05, 0) is 40.0 Å². The summed E-state index contributed by atoms with van der Waals surface area (Å²) in [6, 6.07) is 10.0. The summed E-state index contributed by atoms with van der Waals surface area (Å²) in [4.78, 5) is 13.4. The Bertz CT molecular complexity index is 919.